The number of aryl methyl sites for hydroxylation is 1. The topological polar surface area (TPSA) is 99.7 Å². The smallest absolute Gasteiger partial charge is 0.422 e. The van der Waals surface area contributed by atoms with E-state index in [4.69, 9.17) is 19.4 Å². The van der Waals surface area contributed by atoms with Crippen molar-refractivity contribution < 1.29 is 31.8 Å². The molecule has 1 N–H and O–H groups in total. The van der Waals surface area contributed by atoms with E-state index in [2.05, 4.69) is 39.7 Å². The third-order valence-electron chi connectivity index (χ3n) is 12.8. The summed E-state index contributed by atoms with van der Waals surface area (Å²) in [5.74, 6) is -0.807. The molecule has 3 saturated heterocycles. The van der Waals surface area contributed by atoms with Crippen LogP contribution in [0.2, 0.25) is 0 Å². The Hall–Kier alpha value is -4.46. The highest BCUT2D eigenvalue weighted by Gasteiger charge is 2.49. The Labute approximate surface area is 310 Å². The lowest BCUT2D eigenvalue weighted by Gasteiger charge is -2.54. The number of aromatic nitrogens is 4. The number of aromatic amines is 1. The third-order valence-corrected chi connectivity index (χ3v) is 12.8. The number of nitrogens with zero attached hydrogens (tertiary/aromatic N) is 6. The second-order valence-electron chi connectivity index (χ2n) is 16.7. The minimum atomic E-state index is -4.59. The quantitative estimate of drug-likeness (QED) is 0.147. The molecule has 0 unspecified atom stereocenters. The molecule has 5 fully saturated rings. The molecule has 10 nitrogen and oxygen atoms in total. The van der Waals surface area contributed by atoms with E-state index in [9.17, 15) is 22.4 Å². The van der Waals surface area contributed by atoms with Crippen LogP contribution >= 0.6 is 0 Å². The van der Waals surface area contributed by atoms with Crippen LogP contribution in [0, 0.1) is 17.8 Å². The molecule has 9 rings (SSSR count). The molecule has 0 atom stereocenters. The summed E-state index contributed by atoms with van der Waals surface area (Å²) in [6, 6.07) is 6.07. The molecule has 2 spiro atoms. The minimum absolute atomic E-state index is 0.0745. The van der Waals surface area contributed by atoms with Gasteiger partial charge in [-0.3, -0.25) is 9.89 Å². The Morgan fingerprint density at radius 1 is 1.00 bits per heavy atom. The summed E-state index contributed by atoms with van der Waals surface area (Å²) in [6.45, 7) is 7.84. The average Bonchev–Trinajstić information content (AvgIpc) is 3.85. The van der Waals surface area contributed by atoms with Gasteiger partial charge >= 0.3 is 12.2 Å². The van der Waals surface area contributed by atoms with Crippen LogP contribution in [0.1, 0.15) is 68.4 Å². The van der Waals surface area contributed by atoms with Crippen molar-refractivity contribution >= 4 is 33.5 Å². The van der Waals surface area contributed by atoms with Crippen LogP contribution in [-0.2, 0) is 4.79 Å². The largest absolute Gasteiger partial charge is 0.481 e. The van der Waals surface area contributed by atoms with Crippen LogP contribution in [0.3, 0.4) is 0 Å². The van der Waals surface area contributed by atoms with Crippen molar-refractivity contribution in [3.05, 3.63) is 47.9 Å². The molecular weight excluding hydrogens is 702 g/mol. The van der Waals surface area contributed by atoms with E-state index in [1.165, 1.54) is 4.90 Å². The van der Waals surface area contributed by atoms with E-state index in [1.54, 1.807) is 6.20 Å². The first-order chi connectivity index (χ1) is 25.8. The van der Waals surface area contributed by atoms with Crippen LogP contribution in [-0.4, -0.2) is 101 Å². The predicted molar refractivity (Wildman–Crippen MR) is 196 cm³/mol. The van der Waals surface area contributed by atoms with Crippen molar-refractivity contribution in [1.29, 1.82) is 0 Å². The van der Waals surface area contributed by atoms with Crippen LogP contribution in [0.4, 0.5) is 23.4 Å². The summed E-state index contributed by atoms with van der Waals surface area (Å²) < 4.78 is 68.3. The summed E-state index contributed by atoms with van der Waals surface area (Å²) >= 11 is 0. The van der Waals surface area contributed by atoms with Gasteiger partial charge in [0.1, 0.15) is 17.4 Å². The predicted octanol–water partition coefficient (Wildman–Crippen LogP) is 7.47. The molecule has 2 saturated carbocycles. The zero-order valence-corrected chi connectivity index (χ0v) is 30.7. The van der Waals surface area contributed by atoms with Crippen molar-refractivity contribution in [1.82, 2.24) is 30.0 Å². The van der Waals surface area contributed by atoms with Gasteiger partial charge < -0.3 is 24.2 Å². The molecule has 286 valence electrons. The van der Waals surface area contributed by atoms with Crippen molar-refractivity contribution in [2.45, 2.75) is 76.5 Å². The number of amides is 1. The van der Waals surface area contributed by atoms with E-state index in [-0.39, 0.29) is 40.1 Å². The SMILES string of the molecule is C=C(F)C(=O)N1CC2(CCN(c3nc(OC4CC5(CCN(C)CC5)C4)nc4c(OCC(F)(F)F)c(-c5c(C)ccc6[nH]ncc56)c(C5CC5)cc34)CC2)C1. The fourth-order valence-electron chi connectivity index (χ4n) is 9.47. The van der Waals surface area contributed by atoms with Gasteiger partial charge in [0, 0.05) is 47.9 Å². The Balaban J connectivity index is 1.15. The number of alkyl halides is 3. The van der Waals surface area contributed by atoms with E-state index in [0.717, 1.165) is 92.0 Å². The molecule has 0 bridgehead atoms. The van der Waals surface area contributed by atoms with Gasteiger partial charge in [-0.2, -0.15) is 28.2 Å². The number of halogens is 4. The summed E-state index contributed by atoms with van der Waals surface area (Å²) in [6.07, 6.45) is 4.29. The molecule has 2 aromatic carbocycles. The summed E-state index contributed by atoms with van der Waals surface area (Å²) in [5, 5.41) is 8.71. The third kappa shape index (κ3) is 6.33. The first-order valence-corrected chi connectivity index (χ1v) is 19.0. The maximum Gasteiger partial charge on any atom is 0.422 e. The second-order valence-corrected chi connectivity index (χ2v) is 16.7. The Kier molecular flexibility index (Phi) is 8.36. The molecular formula is C40H45F4N7O3. The summed E-state index contributed by atoms with van der Waals surface area (Å²) in [5.41, 5.74) is 4.33. The summed E-state index contributed by atoms with van der Waals surface area (Å²) in [7, 11) is 2.14. The number of rotatable bonds is 8. The highest BCUT2D eigenvalue weighted by molar-refractivity contribution is 6.06. The highest BCUT2D eigenvalue weighted by atomic mass is 19.4. The fraction of sp³-hybridized carbons (Fsp3) is 0.550. The summed E-state index contributed by atoms with van der Waals surface area (Å²) in [4.78, 5) is 28.2. The van der Waals surface area contributed by atoms with E-state index in [1.807, 2.05) is 19.1 Å². The fourth-order valence-corrected chi connectivity index (χ4v) is 9.47. The van der Waals surface area contributed by atoms with Gasteiger partial charge in [0.2, 0.25) is 0 Å². The zero-order valence-electron chi connectivity index (χ0n) is 30.7. The molecule has 0 radical (unpaired) electrons. The van der Waals surface area contributed by atoms with Gasteiger partial charge in [0.15, 0.2) is 18.2 Å². The van der Waals surface area contributed by atoms with Crippen LogP contribution < -0.4 is 14.4 Å². The number of H-pyrrole nitrogens is 1. The van der Waals surface area contributed by atoms with Crippen molar-refractivity contribution in [2.75, 3.05) is 57.8 Å². The monoisotopic (exact) mass is 747 g/mol. The number of piperidine rings is 2. The van der Waals surface area contributed by atoms with Gasteiger partial charge in [-0.25, -0.2) is 4.39 Å². The molecule has 1 amide bonds. The Morgan fingerprint density at radius 2 is 1.70 bits per heavy atom. The number of carbonyl (C=O) groups excluding carboxylic acids is 1. The van der Waals surface area contributed by atoms with Gasteiger partial charge in [0.25, 0.3) is 5.91 Å². The number of hydrogen-bond donors (Lipinski definition) is 1. The molecule has 54 heavy (non-hydrogen) atoms. The van der Waals surface area contributed by atoms with E-state index in [0.29, 0.717) is 42.9 Å². The number of fused-ring (bicyclic) bond motifs is 2. The lowest BCUT2D eigenvalue weighted by atomic mass is 9.61. The molecule has 5 aliphatic rings. The first-order valence-electron chi connectivity index (χ1n) is 19.0. The molecule has 2 aliphatic carbocycles. The highest BCUT2D eigenvalue weighted by Crippen LogP contribution is 2.54. The standard InChI is InChI=1S/C40H45F4N7O3/c1-23-4-7-30-29(19-45-48-30)31(23)32-27(25-5-6-25)16-28-33(34(32)53-22-40(42,43)44)46-37(54-26-17-38(18-26)8-12-49(3)13-9-38)47-35(28)50-14-10-39(11-15-50)20-51(21-39)36(52)24(2)41/h4,7,16,19,25-26H,2,5-6,8-15,17-18,20-22H2,1,3H3,(H,45,48). The van der Waals surface area contributed by atoms with Gasteiger partial charge in [0.05, 0.1) is 11.7 Å². The lowest BCUT2D eigenvalue weighted by molar-refractivity contribution is -0.153. The van der Waals surface area contributed by atoms with Crippen LogP contribution in [0.25, 0.3) is 32.9 Å². The molecule has 3 aliphatic heterocycles. The molecule has 2 aromatic heterocycles. The minimum Gasteiger partial charge on any atom is -0.481 e. The number of hydrogen-bond acceptors (Lipinski definition) is 8. The number of carbonyl (C=O) groups is 1. The number of anilines is 1. The number of nitrogens with one attached hydrogen (secondary N) is 1. The van der Waals surface area contributed by atoms with Crippen LogP contribution in [0.5, 0.6) is 11.8 Å². The van der Waals surface area contributed by atoms with Crippen molar-refractivity contribution in [3.8, 4) is 22.9 Å². The van der Waals surface area contributed by atoms with Gasteiger partial charge in [-0.1, -0.05) is 12.6 Å². The Bertz CT molecular complexity index is 2130. The number of benzene rings is 2. The second kappa shape index (κ2) is 12.8. The number of likely N-dealkylation sites (tertiary alicyclic amines) is 2. The van der Waals surface area contributed by atoms with Crippen molar-refractivity contribution in [3.63, 3.8) is 0 Å². The normalized spacial score (nSPS) is 21.4. The Morgan fingerprint density at radius 3 is 2.37 bits per heavy atom. The molecule has 14 heteroatoms. The van der Waals surface area contributed by atoms with Crippen LogP contribution in [0.15, 0.2) is 36.8 Å². The molecule has 4 aromatic rings. The molecule has 5 heterocycles. The van der Waals surface area contributed by atoms with Gasteiger partial charge in [-0.15, -0.1) is 0 Å². The zero-order chi connectivity index (χ0) is 37.6. The van der Waals surface area contributed by atoms with Crippen molar-refractivity contribution in [2.24, 2.45) is 10.8 Å². The van der Waals surface area contributed by atoms with E-state index >= 15 is 0 Å². The van der Waals surface area contributed by atoms with E-state index < -0.39 is 24.5 Å². The first kappa shape index (κ1) is 35.3. The maximum atomic E-state index is 14.1. The maximum absolute atomic E-state index is 14.1. The lowest BCUT2D eigenvalue weighted by Crippen LogP contribution is -2.62. The number of ether oxygens (including phenoxy) is 2. The van der Waals surface area contributed by atoms with Gasteiger partial charge in [-0.05, 0) is 119 Å². The average molecular weight is 748 g/mol.